The molecule has 17 aromatic carbocycles. The van der Waals surface area contributed by atoms with Crippen molar-refractivity contribution in [1.82, 2.24) is 24.5 Å². The molecule has 21 heteroatoms. The lowest BCUT2D eigenvalue weighted by Gasteiger charge is -2.36. The van der Waals surface area contributed by atoms with Gasteiger partial charge < -0.3 is 18.9 Å². The average molecular weight is 1850 g/mol. The fraction of sp³-hybridized carbons (Fsp3) is 0.288. The number of ether oxygens (including phenoxy) is 4. The highest BCUT2D eigenvalue weighted by molar-refractivity contribution is 6.46. The minimum Gasteiger partial charge on any atom is -0.462 e. The molecule has 694 valence electrons. The minimum atomic E-state index is -0.733. The molecule has 1 fully saturated rings. The van der Waals surface area contributed by atoms with Gasteiger partial charge in [-0.1, -0.05) is 196 Å². The van der Waals surface area contributed by atoms with Gasteiger partial charge >= 0.3 is 11.9 Å². The zero-order valence-electron chi connectivity index (χ0n) is 78.5. The third kappa shape index (κ3) is 13.6. The zero-order valence-corrected chi connectivity index (χ0v) is 78.5. The second-order valence-corrected chi connectivity index (χ2v) is 38.9. The summed E-state index contributed by atoms with van der Waals surface area (Å²) < 4.78 is 26.5. The van der Waals surface area contributed by atoms with Crippen LogP contribution in [0.5, 0.6) is 23.0 Å². The average Bonchev–Trinajstić information content (AvgIpc) is 0.695. The van der Waals surface area contributed by atoms with E-state index in [1.165, 1.54) is 19.6 Å². The smallest absolute Gasteiger partial charge is 0.338 e. The molecule has 0 N–H and O–H groups in total. The molecule has 5 aliphatic heterocycles. The van der Waals surface area contributed by atoms with Gasteiger partial charge in [0.05, 0.1) is 29.9 Å². The monoisotopic (exact) mass is 1840 g/mol. The van der Waals surface area contributed by atoms with Gasteiger partial charge in [-0.05, 0) is 249 Å². The summed E-state index contributed by atoms with van der Waals surface area (Å²) in [6.07, 6.45) is 16.8. The van der Waals surface area contributed by atoms with E-state index < -0.39 is 47.4 Å². The minimum absolute atomic E-state index is 0.00433. The number of benzene rings is 17. The number of rotatable bonds is 31. The SMILES string of the molecule is CCCCCCC(CCCCCC)N1C(=O)c2ccc3c4ccc5c6c(ccc(c7ccc(c2c37)C1=O)c64)C(=O)N(CCc1ccc(Oc2cc(C(=O)OCCCC)c3c(C(=O)OCCCC)ccc4c6c(Oc7ccc(CCN8C(=O)c9ccc%10c%11ccc%12c%13c(ccc(c%14ccc(c9c%10%14)C8=O)c%13%11)C(=O)N(C(C)C)C%12=O)cc7)cc7c8c(ccc(c2c34)c86)C(=O)N(C2CCCCC2)C7=O)cc1)C5=O. The molecule has 21 nitrogen and oxygen atoms in total. The van der Waals surface area contributed by atoms with Crippen LogP contribution < -0.4 is 9.47 Å². The van der Waals surface area contributed by atoms with Crippen molar-refractivity contribution in [3.8, 4) is 23.0 Å². The Morgan fingerprint density at radius 3 is 1.02 bits per heavy atom. The van der Waals surface area contributed by atoms with Gasteiger partial charge in [0.15, 0.2) is 0 Å². The van der Waals surface area contributed by atoms with E-state index in [0.717, 1.165) is 166 Å². The predicted octanol–water partition coefficient (Wildman–Crippen LogP) is 25.9. The molecule has 139 heavy (non-hydrogen) atoms. The molecule has 0 bridgehead atoms. The lowest BCUT2D eigenvalue weighted by Crippen LogP contribution is -2.47. The first-order chi connectivity index (χ1) is 67.7. The third-order valence-electron chi connectivity index (χ3n) is 30.5. The van der Waals surface area contributed by atoms with Crippen molar-refractivity contribution in [3.63, 3.8) is 0 Å². The summed E-state index contributed by atoms with van der Waals surface area (Å²) in [5, 5.41) is 15.1. The van der Waals surface area contributed by atoms with Crippen molar-refractivity contribution in [1.29, 1.82) is 0 Å². The Morgan fingerprint density at radius 2 is 0.633 bits per heavy atom. The number of carbonyl (C=O) groups excluding carboxylic acids is 12. The number of nitrogens with zero attached hydrogens (tertiary/aromatic N) is 5. The first-order valence-electron chi connectivity index (χ1n) is 49.6. The standard InChI is InChI=1S/C118H101N5O16/c1-7-11-15-18-22-65(23-19-16-12-8-2)122-113(130)85-50-40-75-71-36-46-81-98-82(47-37-72(94(71)98)76-41-51-86(114(122)131)100(85)96(75)76)110(127)120(109(81)126)57-55-64-28-32-68(33-29-64)139-92-61-90(118(135)137-59-14-10-4)102-88(117(134)136-58-13-9-3)53-43-78-103-91(60-89-101-87(52-42-77(105(101)103)104(92)106(78)102)115(132)123(116(89)133)66-24-20-17-21-25-66)138-67-30-26-63(27-31-67)54-56-119-107(124)79-44-34-69-73-38-48-83-99-84(112(129)121(62(5)6)111(83)128)49-39-74(95(73)99)70-35-45-80(108(119)125)97(79)93(69)70/h26-53,60-62,65-66H,7-25,54-59H2,1-6H3. The van der Waals surface area contributed by atoms with E-state index in [4.69, 9.17) is 18.9 Å². The van der Waals surface area contributed by atoms with E-state index in [-0.39, 0.29) is 114 Å². The third-order valence-corrected chi connectivity index (χ3v) is 30.5. The van der Waals surface area contributed by atoms with Gasteiger partial charge in [0.1, 0.15) is 23.0 Å². The molecule has 1 aliphatic carbocycles. The molecule has 0 spiro atoms. The Balaban J connectivity index is 0.572. The maximum atomic E-state index is 15.7. The fourth-order valence-electron chi connectivity index (χ4n) is 23.7. The van der Waals surface area contributed by atoms with Crippen LogP contribution in [0.1, 0.15) is 299 Å². The van der Waals surface area contributed by atoms with E-state index in [9.17, 15) is 33.6 Å². The van der Waals surface area contributed by atoms with Crippen molar-refractivity contribution in [3.05, 3.63) is 260 Å². The lowest BCUT2D eigenvalue weighted by atomic mass is 9.81. The van der Waals surface area contributed by atoms with Gasteiger partial charge in [-0.2, -0.15) is 0 Å². The summed E-state index contributed by atoms with van der Waals surface area (Å²) in [5.74, 6) is -4.32. The molecule has 5 heterocycles. The van der Waals surface area contributed by atoms with Gasteiger partial charge in [-0.25, -0.2) is 9.59 Å². The number of imide groups is 5. The number of hydrogen-bond donors (Lipinski definition) is 0. The van der Waals surface area contributed by atoms with Crippen molar-refractivity contribution < 1.29 is 76.5 Å². The van der Waals surface area contributed by atoms with Crippen molar-refractivity contribution in [2.45, 2.75) is 195 Å². The quantitative estimate of drug-likeness (QED) is 0.0129. The second kappa shape index (κ2) is 34.5. The van der Waals surface area contributed by atoms with Crippen LogP contribution >= 0.6 is 0 Å². The van der Waals surface area contributed by atoms with E-state index >= 15 is 24.0 Å². The van der Waals surface area contributed by atoms with Gasteiger partial charge in [0.2, 0.25) is 0 Å². The lowest BCUT2D eigenvalue weighted by molar-refractivity contribution is 0.0486. The summed E-state index contributed by atoms with van der Waals surface area (Å²) in [5.41, 5.74) is 5.52. The normalized spacial score (nSPS) is 15.2. The first kappa shape index (κ1) is 87.9. The molecule has 23 rings (SSSR count). The molecule has 0 saturated heterocycles. The summed E-state index contributed by atoms with van der Waals surface area (Å²) >= 11 is 0. The van der Waals surface area contributed by atoms with E-state index in [1.807, 2.05) is 119 Å². The number of carbonyl (C=O) groups is 12. The van der Waals surface area contributed by atoms with Crippen LogP contribution in [-0.2, 0) is 22.3 Å². The topological polar surface area (TPSA) is 258 Å². The van der Waals surface area contributed by atoms with E-state index in [0.29, 0.717) is 153 Å². The highest BCUT2D eigenvalue weighted by atomic mass is 16.5. The van der Waals surface area contributed by atoms with Gasteiger partial charge in [0, 0.05) is 135 Å². The Bertz CT molecular complexity index is 8020. The summed E-state index contributed by atoms with van der Waals surface area (Å²) in [7, 11) is 0. The molecule has 6 aliphatic rings. The summed E-state index contributed by atoms with van der Waals surface area (Å²) in [4.78, 5) is 186. The Hall–Kier alpha value is -15.1. The van der Waals surface area contributed by atoms with E-state index in [1.54, 1.807) is 95.9 Å². The first-order valence-corrected chi connectivity index (χ1v) is 49.6. The number of amides is 10. The Kier molecular flexibility index (Phi) is 21.8. The van der Waals surface area contributed by atoms with E-state index in [2.05, 4.69) is 13.8 Å². The summed E-state index contributed by atoms with van der Waals surface area (Å²) in [6, 6.07) is 53.5. The van der Waals surface area contributed by atoms with Crippen LogP contribution in [0.15, 0.2) is 182 Å². The highest BCUT2D eigenvalue weighted by Crippen LogP contribution is 2.56. The van der Waals surface area contributed by atoms with Crippen LogP contribution in [0.4, 0.5) is 0 Å². The maximum absolute atomic E-state index is 15.7. The van der Waals surface area contributed by atoms with Crippen molar-refractivity contribution in [2.75, 3.05) is 26.3 Å². The van der Waals surface area contributed by atoms with Crippen LogP contribution in [-0.4, -0.2) is 140 Å². The predicted molar refractivity (Wildman–Crippen MR) is 539 cm³/mol. The molecular formula is C118H101N5O16. The van der Waals surface area contributed by atoms with Gasteiger partial charge in [-0.15, -0.1) is 0 Å². The molecule has 10 amide bonds. The molecule has 0 radical (unpaired) electrons. The van der Waals surface area contributed by atoms with Crippen LogP contribution in [0.2, 0.25) is 0 Å². The fourth-order valence-corrected chi connectivity index (χ4v) is 23.7. The zero-order chi connectivity index (χ0) is 95.5. The molecule has 0 unspecified atom stereocenters. The Labute approximate surface area is 800 Å². The molecule has 0 aromatic heterocycles. The van der Waals surface area contributed by atoms with Crippen LogP contribution in [0.3, 0.4) is 0 Å². The number of fused-ring (bicyclic) bond motifs is 6. The highest BCUT2D eigenvalue weighted by Gasteiger charge is 2.45. The number of hydrogen-bond acceptors (Lipinski definition) is 16. The van der Waals surface area contributed by atoms with Crippen molar-refractivity contribution in [2.24, 2.45) is 0 Å². The van der Waals surface area contributed by atoms with Gasteiger partial charge in [0.25, 0.3) is 59.1 Å². The second-order valence-electron chi connectivity index (χ2n) is 38.9. The van der Waals surface area contributed by atoms with Gasteiger partial charge in [-0.3, -0.25) is 72.4 Å². The van der Waals surface area contributed by atoms with Crippen LogP contribution in [0, 0.1) is 0 Å². The number of esters is 2. The summed E-state index contributed by atoms with van der Waals surface area (Å²) in [6.45, 7) is 12.2. The molecule has 1 saturated carbocycles. The largest absolute Gasteiger partial charge is 0.462 e. The van der Waals surface area contributed by atoms with Crippen LogP contribution in [0.25, 0.3) is 129 Å². The maximum Gasteiger partial charge on any atom is 0.338 e. The Morgan fingerprint density at radius 1 is 0.302 bits per heavy atom. The molecular weight excluding hydrogens is 1740 g/mol. The van der Waals surface area contributed by atoms with Crippen molar-refractivity contribution >= 4 is 200 Å². The molecule has 17 aromatic rings. The molecule has 0 atom stereocenters. The number of unbranched alkanes of at least 4 members (excludes halogenated alkanes) is 8.